The molecule has 0 heterocycles. The van der Waals surface area contributed by atoms with E-state index in [4.69, 9.17) is 0 Å². The fourth-order valence-corrected chi connectivity index (χ4v) is 5.22. The van der Waals surface area contributed by atoms with Crippen LogP contribution in [0.3, 0.4) is 0 Å². The minimum Gasteiger partial charge on any atom is -0.478 e. The van der Waals surface area contributed by atoms with E-state index in [2.05, 4.69) is 4.72 Å². The van der Waals surface area contributed by atoms with Crippen molar-refractivity contribution in [1.82, 2.24) is 0 Å². The largest absolute Gasteiger partial charge is 0.478 e. The average molecular weight is 452 g/mol. The van der Waals surface area contributed by atoms with Gasteiger partial charge in [0.2, 0.25) is 0 Å². The highest BCUT2D eigenvalue weighted by molar-refractivity contribution is 7.92. The first-order valence-electron chi connectivity index (χ1n) is 10.8. The van der Waals surface area contributed by atoms with Crippen molar-refractivity contribution in [2.75, 3.05) is 4.72 Å². The summed E-state index contributed by atoms with van der Waals surface area (Å²) in [5.41, 5.74) is 4.50. The molecular formula is C26H29NO4S. The minimum atomic E-state index is -3.67. The number of aromatic carboxylic acids is 1. The van der Waals surface area contributed by atoms with Gasteiger partial charge in [-0.2, -0.15) is 0 Å². The van der Waals surface area contributed by atoms with Crippen LogP contribution in [0.5, 0.6) is 0 Å². The molecule has 0 unspecified atom stereocenters. The number of unbranched alkanes of at least 4 members (excludes halogenated alkanes) is 2. The molecule has 3 aromatic rings. The minimum absolute atomic E-state index is 0.287. The van der Waals surface area contributed by atoms with E-state index in [1.807, 2.05) is 43.3 Å². The third-order valence-electron chi connectivity index (χ3n) is 5.52. The number of benzene rings is 3. The second-order valence-electron chi connectivity index (χ2n) is 8.05. The summed E-state index contributed by atoms with van der Waals surface area (Å²) in [7, 11) is -3.67. The normalized spacial score (nSPS) is 11.3. The number of hydrogen-bond donors (Lipinski definition) is 2. The van der Waals surface area contributed by atoms with E-state index in [1.54, 1.807) is 37.3 Å². The first-order chi connectivity index (χ1) is 15.3. The fraction of sp³-hybridized carbons (Fsp3) is 0.269. The molecule has 168 valence electrons. The van der Waals surface area contributed by atoms with Gasteiger partial charge < -0.3 is 5.11 Å². The summed E-state index contributed by atoms with van der Waals surface area (Å²) in [4.78, 5) is 11.6. The molecule has 0 fully saturated rings. The zero-order chi connectivity index (χ0) is 23.1. The van der Waals surface area contributed by atoms with Gasteiger partial charge in [0.25, 0.3) is 10.0 Å². The van der Waals surface area contributed by atoms with Gasteiger partial charge in [-0.05, 0) is 74.4 Å². The first-order valence-corrected chi connectivity index (χ1v) is 12.3. The van der Waals surface area contributed by atoms with Crippen LogP contribution in [0.4, 0.5) is 5.69 Å². The summed E-state index contributed by atoms with van der Waals surface area (Å²) >= 11 is 0. The summed E-state index contributed by atoms with van der Waals surface area (Å²) < 4.78 is 28.7. The van der Waals surface area contributed by atoms with Crippen molar-refractivity contribution in [2.45, 2.75) is 50.8 Å². The third kappa shape index (κ3) is 5.98. The molecule has 6 heteroatoms. The number of nitrogens with one attached hydrogen (secondary N) is 1. The maximum atomic E-state index is 12.9. The summed E-state index contributed by atoms with van der Waals surface area (Å²) in [5.74, 6) is -0.898. The van der Waals surface area contributed by atoms with Crippen molar-refractivity contribution < 1.29 is 18.3 Å². The molecule has 3 aromatic carbocycles. The number of hydrogen-bond acceptors (Lipinski definition) is 3. The van der Waals surface area contributed by atoms with Crippen molar-refractivity contribution in [3.63, 3.8) is 0 Å². The van der Waals surface area contributed by atoms with Crippen LogP contribution in [0, 0.1) is 13.8 Å². The number of para-hydroxylation sites is 1. The van der Waals surface area contributed by atoms with Crippen LogP contribution in [0.1, 0.15) is 51.9 Å². The van der Waals surface area contributed by atoms with Crippen LogP contribution in [-0.2, 0) is 22.9 Å². The van der Waals surface area contributed by atoms with Crippen molar-refractivity contribution in [1.29, 1.82) is 0 Å². The lowest BCUT2D eigenvalue weighted by Crippen LogP contribution is -2.15. The second-order valence-corrected chi connectivity index (χ2v) is 9.71. The van der Waals surface area contributed by atoms with E-state index in [9.17, 15) is 18.3 Å². The molecule has 0 aromatic heterocycles. The van der Waals surface area contributed by atoms with E-state index in [1.165, 1.54) is 0 Å². The van der Waals surface area contributed by atoms with Crippen molar-refractivity contribution in [3.05, 3.63) is 94.5 Å². The van der Waals surface area contributed by atoms with E-state index < -0.39 is 16.0 Å². The second kappa shape index (κ2) is 10.5. The lowest BCUT2D eigenvalue weighted by Gasteiger charge is -2.14. The van der Waals surface area contributed by atoms with Crippen LogP contribution in [0.15, 0.2) is 71.6 Å². The smallest absolute Gasteiger partial charge is 0.335 e. The molecule has 0 radical (unpaired) electrons. The van der Waals surface area contributed by atoms with Gasteiger partial charge >= 0.3 is 5.97 Å². The van der Waals surface area contributed by atoms with Gasteiger partial charge in [0.1, 0.15) is 0 Å². The monoisotopic (exact) mass is 451 g/mol. The van der Waals surface area contributed by atoms with Gasteiger partial charge in [-0.25, -0.2) is 13.2 Å². The van der Waals surface area contributed by atoms with Gasteiger partial charge in [0, 0.05) is 0 Å². The molecule has 0 bridgehead atoms. The molecule has 0 spiro atoms. The number of aryl methyl sites for hydroxylation is 4. The van der Waals surface area contributed by atoms with Gasteiger partial charge in [0.05, 0.1) is 16.1 Å². The van der Waals surface area contributed by atoms with Crippen LogP contribution < -0.4 is 4.72 Å². The lowest BCUT2D eigenvalue weighted by atomic mass is 9.99. The van der Waals surface area contributed by atoms with E-state index >= 15 is 0 Å². The Labute approximate surface area is 190 Å². The summed E-state index contributed by atoms with van der Waals surface area (Å²) in [6, 6.07) is 19.9. The highest BCUT2D eigenvalue weighted by Gasteiger charge is 2.18. The van der Waals surface area contributed by atoms with E-state index in [0.29, 0.717) is 17.7 Å². The Morgan fingerprint density at radius 2 is 1.47 bits per heavy atom. The highest BCUT2D eigenvalue weighted by Crippen LogP contribution is 2.24. The number of rotatable bonds is 10. The molecule has 3 rings (SSSR count). The van der Waals surface area contributed by atoms with Gasteiger partial charge in [-0.1, -0.05) is 60.5 Å². The van der Waals surface area contributed by atoms with Crippen LogP contribution in [0.25, 0.3) is 0 Å². The summed E-state index contributed by atoms with van der Waals surface area (Å²) in [5, 5.41) is 9.30. The van der Waals surface area contributed by atoms with Gasteiger partial charge in [0.15, 0.2) is 0 Å². The molecule has 0 saturated heterocycles. The Morgan fingerprint density at radius 1 is 0.844 bits per heavy atom. The third-order valence-corrected chi connectivity index (χ3v) is 7.05. The molecule has 0 saturated carbocycles. The topological polar surface area (TPSA) is 83.5 Å². The standard InChI is InChI=1S/C26H29NO4S/c1-19-16-17-25(20(2)18-19)32(30,31)27-24-15-9-7-13-22(24)12-5-3-4-10-21-11-6-8-14-23(21)26(28)29/h6-9,11,13-18,27H,3-5,10,12H2,1-2H3,(H,28,29). The average Bonchev–Trinajstić information content (AvgIpc) is 2.74. The first kappa shape index (κ1) is 23.5. The molecule has 32 heavy (non-hydrogen) atoms. The molecular weight excluding hydrogens is 422 g/mol. The lowest BCUT2D eigenvalue weighted by molar-refractivity contribution is 0.0695. The molecule has 0 atom stereocenters. The number of carbonyl (C=O) groups is 1. The Morgan fingerprint density at radius 3 is 2.16 bits per heavy atom. The Kier molecular flexibility index (Phi) is 7.70. The van der Waals surface area contributed by atoms with Crippen LogP contribution in [-0.4, -0.2) is 19.5 Å². The highest BCUT2D eigenvalue weighted by atomic mass is 32.2. The van der Waals surface area contributed by atoms with Gasteiger partial charge in [-0.3, -0.25) is 4.72 Å². The van der Waals surface area contributed by atoms with Crippen molar-refractivity contribution >= 4 is 21.7 Å². The predicted molar refractivity (Wildman–Crippen MR) is 128 cm³/mol. The Bertz CT molecular complexity index is 1200. The quantitative estimate of drug-likeness (QED) is 0.384. The SMILES string of the molecule is Cc1ccc(S(=O)(=O)Nc2ccccc2CCCCCc2ccccc2C(=O)O)c(C)c1. The molecule has 0 amide bonds. The number of carboxylic acids is 1. The van der Waals surface area contributed by atoms with Gasteiger partial charge in [-0.15, -0.1) is 0 Å². The zero-order valence-corrected chi connectivity index (χ0v) is 19.3. The van der Waals surface area contributed by atoms with Crippen LogP contribution in [0.2, 0.25) is 0 Å². The van der Waals surface area contributed by atoms with Crippen LogP contribution >= 0.6 is 0 Å². The summed E-state index contributed by atoms with van der Waals surface area (Å²) in [6.45, 7) is 3.74. The maximum absolute atomic E-state index is 12.9. The Balaban J connectivity index is 1.61. The predicted octanol–water partition coefficient (Wildman–Crippen LogP) is 5.76. The molecule has 2 N–H and O–H groups in total. The van der Waals surface area contributed by atoms with E-state index in [0.717, 1.165) is 47.9 Å². The summed E-state index contributed by atoms with van der Waals surface area (Å²) in [6.07, 6.45) is 4.14. The molecule has 0 aliphatic carbocycles. The number of anilines is 1. The molecule has 0 aliphatic rings. The molecule has 0 aliphatic heterocycles. The van der Waals surface area contributed by atoms with Crippen molar-refractivity contribution in [3.8, 4) is 0 Å². The maximum Gasteiger partial charge on any atom is 0.335 e. The molecule has 5 nitrogen and oxygen atoms in total. The Hall–Kier alpha value is -3.12. The fourth-order valence-electron chi connectivity index (χ4n) is 3.89. The number of carboxylic acid groups (broad SMARTS) is 1. The number of sulfonamides is 1. The zero-order valence-electron chi connectivity index (χ0n) is 18.5. The van der Waals surface area contributed by atoms with Crippen molar-refractivity contribution in [2.24, 2.45) is 0 Å². The van der Waals surface area contributed by atoms with E-state index in [-0.39, 0.29) is 4.90 Å².